The lowest BCUT2D eigenvalue weighted by molar-refractivity contribution is -0.128. The molecule has 1 N–H and O–H groups in total. The fourth-order valence-corrected chi connectivity index (χ4v) is 4.25. The van der Waals surface area contributed by atoms with Crippen LogP contribution >= 0.6 is 0 Å². The molecule has 1 aromatic heterocycles. The highest BCUT2D eigenvalue weighted by Gasteiger charge is 2.20. The standard InChI is InChI=1S/C24H28N4O2/c1-17(26-23(29)12-6-14-27-15-7-13-24(27)30)21-16-25-28(18(21)2)22-11-5-9-19-8-3-4-10-20(19)22/h3-5,8-11,16-17H,6-7,12-15H2,1-2H3,(H,26,29)/t17-/m1/s1. The fourth-order valence-electron chi connectivity index (χ4n) is 4.25. The summed E-state index contributed by atoms with van der Waals surface area (Å²) in [5.74, 6) is 0.215. The molecular formula is C24H28N4O2. The highest BCUT2D eigenvalue weighted by atomic mass is 16.2. The smallest absolute Gasteiger partial charge is 0.222 e. The van der Waals surface area contributed by atoms with Gasteiger partial charge in [0.15, 0.2) is 0 Å². The van der Waals surface area contributed by atoms with E-state index in [2.05, 4.69) is 34.7 Å². The molecule has 0 radical (unpaired) electrons. The van der Waals surface area contributed by atoms with Crippen molar-refractivity contribution in [2.24, 2.45) is 0 Å². The average Bonchev–Trinajstić information content (AvgIpc) is 3.33. The van der Waals surface area contributed by atoms with Gasteiger partial charge in [-0.2, -0.15) is 5.10 Å². The van der Waals surface area contributed by atoms with Crippen molar-refractivity contribution in [2.45, 2.75) is 45.6 Å². The molecule has 0 bridgehead atoms. The van der Waals surface area contributed by atoms with E-state index >= 15 is 0 Å². The number of carbonyl (C=O) groups excluding carboxylic acids is 2. The van der Waals surface area contributed by atoms with Crippen LogP contribution < -0.4 is 5.32 Å². The van der Waals surface area contributed by atoms with Crippen molar-refractivity contribution in [1.29, 1.82) is 0 Å². The van der Waals surface area contributed by atoms with E-state index < -0.39 is 0 Å². The molecule has 1 aliphatic rings. The largest absolute Gasteiger partial charge is 0.349 e. The molecule has 6 nitrogen and oxygen atoms in total. The molecule has 30 heavy (non-hydrogen) atoms. The molecule has 1 atom stereocenters. The minimum Gasteiger partial charge on any atom is -0.349 e. The Bertz CT molecular complexity index is 1070. The highest BCUT2D eigenvalue weighted by molar-refractivity contribution is 5.90. The summed E-state index contributed by atoms with van der Waals surface area (Å²) < 4.78 is 1.94. The Labute approximate surface area is 176 Å². The Hall–Kier alpha value is -3.15. The molecule has 4 rings (SSSR count). The average molecular weight is 405 g/mol. The molecule has 1 saturated heterocycles. The van der Waals surface area contributed by atoms with Crippen LogP contribution in [0.25, 0.3) is 16.5 Å². The third-order valence-electron chi connectivity index (χ3n) is 5.89. The third-order valence-corrected chi connectivity index (χ3v) is 5.89. The molecule has 6 heteroatoms. The first-order chi connectivity index (χ1) is 14.5. The third kappa shape index (κ3) is 4.08. The first kappa shape index (κ1) is 20.1. The summed E-state index contributed by atoms with van der Waals surface area (Å²) in [4.78, 5) is 25.9. The normalized spacial score (nSPS) is 15.0. The van der Waals surface area contributed by atoms with E-state index in [1.807, 2.05) is 47.8 Å². The molecule has 3 aromatic rings. The van der Waals surface area contributed by atoms with E-state index in [0.29, 0.717) is 25.8 Å². The van der Waals surface area contributed by atoms with Crippen molar-refractivity contribution < 1.29 is 9.59 Å². The number of aromatic nitrogens is 2. The number of amides is 2. The molecule has 1 fully saturated rings. The van der Waals surface area contributed by atoms with Crippen molar-refractivity contribution in [3.8, 4) is 5.69 Å². The van der Waals surface area contributed by atoms with Crippen molar-refractivity contribution in [2.75, 3.05) is 13.1 Å². The molecule has 156 valence electrons. The minimum absolute atomic E-state index is 0.00598. The van der Waals surface area contributed by atoms with Gasteiger partial charge in [-0.1, -0.05) is 36.4 Å². The van der Waals surface area contributed by atoms with Crippen molar-refractivity contribution in [1.82, 2.24) is 20.0 Å². The van der Waals surface area contributed by atoms with Gasteiger partial charge in [0.25, 0.3) is 0 Å². The lowest BCUT2D eigenvalue weighted by atomic mass is 10.1. The van der Waals surface area contributed by atoms with E-state index in [-0.39, 0.29) is 17.9 Å². The van der Waals surface area contributed by atoms with Crippen LogP contribution in [-0.4, -0.2) is 39.6 Å². The Morgan fingerprint density at radius 2 is 2.00 bits per heavy atom. The van der Waals surface area contributed by atoms with Crippen LogP contribution in [0, 0.1) is 6.92 Å². The molecular weight excluding hydrogens is 376 g/mol. The van der Waals surface area contributed by atoms with Crippen LogP contribution in [0.3, 0.4) is 0 Å². The van der Waals surface area contributed by atoms with E-state index in [1.165, 1.54) is 5.39 Å². The number of nitrogens with one attached hydrogen (secondary N) is 1. The fraction of sp³-hybridized carbons (Fsp3) is 0.375. The van der Waals surface area contributed by atoms with Crippen LogP contribution in [0.15, 0.2) is 48.7 Å². The van der Waals surface area contributed by atoms with Crippen LogP contribution in [0.4, 0.5) is 0 Å². The summed E-state index contributed by atoms with van der Waals surface area (Å²) in [6.45, 7) is 5.51. The van der Waals surface area contributed by atoms with E-state index in [1.54, 1.807) is 0 Å². The number of carbonyl (C=O) groups is 2. The van der Waals surface area contributed by atoms with Crippen molar-refractivity contribution in [3.63, 3.8) is 0 Å². The van der Waals surface area contributed by atoms with Gasteiger partial charge in [0, 0.05) is 42.6 Å². The predicted octanol–water partition coefficient (Wildman–Crippen LogP) is 3.91. The Morgan fingerprint density at radius 3 is 2.80 bits per heavy atom. The second-order valence-corrected chi connectivity index (χ2v) is 7.97. The zero-order valence-electron chi connectivity index (χ0n) is 17.6. The predicted molar refractivity (Wildman–Crippen MR) is 117 cm³/mol. The second kappa shape index (κ2) is 8.69. The van der Waals surface area contributed by atoms with Gasteiger partial charge in [0.2, 0.25) is 11.8 Å². The molecule has 0 saturated carbocycles. The minimum atomic E-state index is -0.130. The molecule has 2 aromatic carbocycles. The van der Waals surface area contributed by atoms with Gasteiger partial charge >= 0.3 is 0 Å². The summed E-state index contributed by atoms with van der Waals surface area (Å²) in [6.07, 6.45) is 4.53. The number of nitrogens with zero attached hydrogens (tertiary/aromatic N) is 3. The number of rotatable bonds is 7. The van der Waals surface area contributed by atoms with E-state index in [0.717, 1.165) is 35.3 Å². The van der Waals surface area contributed by atoms with Gasteiger partial charge in [0.05, 0.1) is 17.9 Å². The van der Waals surface area contributed by atoms with Crippen LogP contribution in [0.1, 0.15) is 49.9 Å². The zero-order chi connectivity index (χ0) is 21.1. The maximum Gasteiger partial charge on any atom is 0.222 e. The van der Waals surface area contributed by atoms with E-state index in [4.69, 9.17) is 0 Å². The molecule has 2 heterocycles. The molecule has 0 aliphatic carbocycles. The molecule has 0 unspecified atom stereocenters. The van der Waals surface area contributed by atoms with Crippen molar-refractivity contribution in [3.05, 3.63) is 59.9 Å². The number of benzene rings is 2. The Morgan fingerprint density at radius 1 is 1.20 bits per heavy atom. The summed E-state index contributed by atoms with van der Waals surface area (Å²) in [7, 11) is 0. The van der Waals surface area contributed by atoms with Gasteiger partial charge in [-0.3, -0.25) is 9.59 Å². The monoisotopic (exact) mass is 404 g/mol. The summed E-state index contributed by atoms with van der Waals surface area (Å²) >= 11 is 0. The van der Waals surface area contributed by atoms with Crippen LogP contribution in [-0.2, 0) is 9.59 Å². The number of hydrogen-bond donors (Lipinski definition) is 1. The number of fused-ring (bicyclic) bond motifs is 1. The SMILES string of the molecule is Cc1c([C@@H](C)NC(=O)CCCN2CCCC2=O)cnn1-c1cccc2ccccc12. The molecule has 1 aliphatic heterocycles. The topological polar surface area (TPSA) is 67.2 Å². The quantitative estimate of drug-likeness (QED) is 0.649. The maximum absolute atomic E-state index is 12.4. The lowest BCUT2D eigenvalue weighted by Crippen LogP contribution is -2.29. The van der Waals surface area contributed by atoms with Gasteiger partial charge < -0.3 is 10.2 Å². The van der Waals surface area contributed by atoms with Gasteiger partial charge in [0.1, 0.15) is 0 Å². The first-order valence-corrected chi connectivity index (χ1v) is 10.6. The summed E-state index contributed by atoms with van der Waals surface area (Å²) in [5.41, 5.74) is 3.05. The van der Waals surface area contributed by atoms with Gasteiger partial charge in [-0.25, -0.2) is 4.68 Å². The van der Waals surface area contributed by atoms with Gasteiger partial charge in [-0.15, -0.1) is 0 Å². The maximum atomic E-state index is 12.4. The summed E-state index contributed by atoms with van der Waals surface area (Å²) in [5, 5.41) is 10.0. The highest BCUT2D eigenvalue weighted by Crippen LogP contribution is 2.26. The molecule has 0 spiro atoms. The number of likely N-dealkylation sites (tertiary alicyclic amines) is 1. The van der Waals surface area contributed by atoms with Crippen LogP contribution in [0.5, 0.6) is 0 Å². The summed E-state index contributed by atoms with van der Waals surface area (Å²) in [6, 6.07) is 14.3. The zero-order valence-corrected chi connectivity index (χ0v) is 17.6. The Kier molecular flexibility index (Phi) is 5.84. The lowest BCUT2D eigenvalue weighted by Gasteiger charge is -2.17. The van der Waals surface area contributed by atoms with Gasteiger partial charge in [-0.05, 0) is 38.1 Å². The van der Waals surface area contributed by atoms with Crippen molar-refractivity contribution >= 4 is 22.6 Å². The Balaban J connectivity index is 1.41. The van der Waals surface area contributed by atoms with E-state index in [9.17, 15) is 9.59 Å². The second-order valence-electron chi connectivity index (χ2n) is 7.97. The first-order valence-electron chi connectivity index (χ1n) is 10.6. The number of hydrogen-bond acceptors (Lipinski definition) is 3. The van der Waals surface area contributed by atoms with Crippen LogP contribution in [0.2, 0.25) is 0 Å². The molecule has 2 amide bonds.